The van der Waals surface area contributed by atoms with Crippen LogP contribution in [0.3, 0.4) is 0 Å². The van der Waals surface area contributed by atoms with Crippen LogP contribution in [0.15, 0.2) is 33.3 Å². The van der Waals surface area contributed by atoms with E-state index < -0.39 is 17.8 Å². The Kier molecular flexibility index (Phi) is 6.10. The number of aromatic nitrogens is 1. The number of rotatable bonds is 7. The summed E-state index contributed by atoms with van der Waals surface area (Å²) in [5, 5.41) is 0. The molecule has 1 aliphatic carbocycles. The molecule has 0 saturated heterocycles. The highest BCUT2D eigenvalue weighted by atomic mass is 16.5. The van der Waals surface area contributed by atoms with Gasteiger partial charge in [-0.15, -0.1) is 0 Å². The molecule has 0 spiro atoms. The van der Waals surface area contributed by atoms with Crippen LogP contribution < -0.4 is 5.73 Å². The van der Waals surface area contributed by atoms with Crippen LogP contribution in [0.4, 0.5) is 0 Å². The lowest BCUT2D eigenvalue weighted by Gasteiger charge is -2.40. The van der Waals surface area contributed by atoms with Crippen LogP contribution in [0.1, 0.15) is 45.2 Å². The normalized spacial score (nSPS) is 24.0. The molecule has 28 heavy (non-hydrogen) atoms. The van der Waals surface area contributed by atoms with Crippen molar-refractivity contribution in [2.24, 2.45) is 22.1 Å². The predicted molar refractivity (Wildman–Crippen MR) is 102 cm³/mol. The fraction of sp³-hybridized carbons (Fsp3) is 0.600. The van der Waals surface area contributed by atoms with Crippen LogP contribution in [0, 0.1) is 11.3 Å². The fourth-order valence-electron chi connectivity index (χ4n) is 4.01. The van der Waals surface area contributed by atoms with Gasteiger partial charge in [-0.1, -0.05) is 13.8 Å². The van der Waals surface area contributed by atoms with Crippen LogP contribution in [-0.2, 0) is 19.1 Å². The van der Waals surface area contributed by atoms with Crippen LogP contribution in [0.25, 0.3) is 0 Å². The number of nitrogens with two attached hydrogens (primary N) is 1. The highest BCUT2D eigenvalue weighted by Gasteiger charge is 2.49. The zero-order valence-electron chi connectivity index (χ0n) is 16.6. The minimum absolute atomic E-state index is 0.0479. The summed E-state index contributed by atoms with van der Waals surface area (Å²) in [7, 11) is 0. The number of aliphatic imine (C=N–C) groups is 1. The molecule has 8 nitrogen and oxygen atoms in total. The van der Waals surface area contributed by atoms with E-state index in [1.807, 2.05) is 13.8 Å². The van der Waals surface area contributed by atoms with Gasteiger partial charge in [0.05, 0.1) is 48.6 Å². The number of ketones is 1. The topological polar surface area (TPSA) is 117 Å². The maximum Gasteiger partial charge on any atom is 0.336 e. The summed E-state index contributed by atoms with van der Waals surface area (Å²) in [4.78, 5) is 34.9. The summed E-state index contributed by atoms with van der Waals surface area (Å²) >= 11 is 0. The van der Waals surface area contributed by atoms with Crippen molar-refractivity contribution in [3.63, 3.8) is 0 Å². The summed E-state index contributed by atoms with van der Waals surface area (Å²) in [6.07, 6.45) is 3.85. The maximum absolute atomic E-state index is 13.1. The Morgan fingerprint density at radius 3 is 2.79 bits per heavy atom. The summed E-state index contributed by atoms with van der Waals surface area (Å²) in [6.45, 7) is 6.86. The van der Waals surface area contributed by atoms with Crippen molar-refractivity contribution < 1.29 is 23.5 Å². The van der Waals surface area contributed by atoms with Gasteiger partial charge in [-0.25, -0.2) is 9.78 Å². The first-order valence-corrected chi connectivity index (χ1v) is 9.54. The van der Waals surface area contributed by atoms with E-state index in [1.54, 1.807) is 6.92 Å². The number of carbonyl (C=O) groups excluding carboxylic acids is 2. The smallest absolute Gasteiger partial charge is 0.336 e. The van der Waals surface area contributed by atoms with Crippen molar-refractivity contribution in [2.75, 3.05) is 26.4 Å². The average molecular weight is 389 g/mol. The predicted octanol–water partition coefficient (Wildman–Crippen LogP) is 2.01. The SMILES string of the molecule is CCOC(=O)C1=C(COCCN)N=C2CC(C)(C)CC(=O)C2C1c1cocn1. The van der Waals surface area contributed by atoms with Crippen LogP contribution in [0.5, 0.6) is 0 Å². The van der Waals surface area contributed by atoms with Gasteiger partial charge in [0, 0.05) is 18.7 Å². The van der Waals surface area contributed by atoms with E-state index >= 15 is 0 Å². The molecule has 1 aromatic heterocycles. The number of oxazole rings is 1. The molecular formula is C20H27N3O5. The Bertz CT molecular complexity index is 795. The van der Waals surface area contributed by atoms with E-state index in [1.165, 1.54) is 12.7 Å². The zero-order valence-corrected chi connectivity index (χ0v) is 16.6. The molecule has 0 aromatic carbocycles. The minimum atomic E-state index is -0.592. The second-order valence-electron chi connectivity index (χ2n) is 7.88. The quantitative estimate of drug-likeness (QED) is 0.560. The van der Waals surface area contributed by atoms with Gasteiger partial charge in [-0.05, 0) is 18.8 Å². The first-order chi connectivity index (χ1) is 13.4. The Hall–Kier alpha value is -2.32. The number of esters is 1. The molecule has 1 fully saturated rings. The number of carbonyl (C=O) groups is 2. The van der Waals surface area contributed by atoms with Crippen molar-refractivity contribution in [2.45, 2.75) is 39.5 Å². The molecule has 1 saturated carbocycles. The Balaban J connectivity index is 2.13. The molecule has 2 unspecified atom stereocenters. The van der Waals surface area contributed by atoms with Gasteiger partial charge < -0.3 is 19.6 Å². The molecule has 0 amide bonds. The Labute approximate surface area is 164 Å². The molecule has 2 heterocycles. The minimum Gasteiger partial charge on any atom is -0.463 e. The van der Waals surface area contributed by atoms with E-state index in [0.717, 1.165) is 5.71 Å². The molecule has 0 radical (unpaired) electrons. The van der Waals surface area contributed by atoms with E-state index in [4.69, 9.17) is 24.6 Å². The number of ether oxygens (including phenoxy) is 2. The van der Waals surface area contributed by atoms with Gasteiger partial charge in [-0.2, -0.15) is 0 Å². The van der Waals surface area contributed by atoms with Gasteiger partial charge >= 0.3 is 5.97 Å². The maximum atomic E-state index is 13.1. The lowest BCUT2D eigenvalue weighted by atomic mass is 9.64. The second kappa shape index (κ2) is 8.36. The number of nitrogens with zero attached hydrogens (tertiary/aromatic N) is 2. The Morgan fingerprint density at radius 2 is 2.14 bits per heavy atom. The molecule has 2 atom stereocenters. The van der Waals surface area contributed by atoms with E-state index in [9.17, 15) is 9.59 Å². The van der Waals surface area contributed by atoms with Gasteiger partial charge in [0.25, 0.3) is 0 Å². The van der Waals surface area contributed by atoms with Crippen molar-refractivity contribution in [1.29, 1.82) is 0 Å². The highest BCUT2D eigenvalue weighted by Crippen LogP contribution is 2.46. The first-order valence-electron chi connectivity index (χ1n) is 9.54. The Morgan fingerprint density at radius 1 is 1.36 bits per heavy atom. The van der Waals surface area contributed by atoms with Crippen molar-refractivity contribution >= 4 is 17.5 Å². The first kappa shape index (κ1) is 20.4. The summed E-state index contributed by atoms with van der Waals surface area (Å²) < 4.78 is 16.0. The van der Waals surface area contributed by atoms with Crippen LogP contribution >= 0.6 is 0 Å². The molecule has 2 N–H and O–H groups in total. The van der Waals surface area contributed by atoms with Gasteiger partial charge in [0.15, 0.2) is 6.39 Å². The fourth-order valence-corrected chi connectivity index (χ4v) is 4.01. The molecule has 2 aliphatic rings. The van der Waals surface area contributed by atoms with Gasteiger partial charge in [0.2, 0.25) is 0 Å². The second-order valence-corrected chi connectivity index (χ2v) is 7.88. The molecule has 1 aromatic rings. The largest absolute Gasteiger partial charge is 0.463 e. The third kappa shape index (κ3) is 4.07. The molecule has 1 aliphatic heterocycles. The third-order valence-electron chi connectivity index (χ3n) is 5.02. The summed E-state index contributed by atoms with van der Waals surface area (Å²) in [5.41, 5.74) is 7.39. The average Bonchev–Trinajstić information content (AvgIpc) is 3.14. The van der Waals surface area contributed by atoms with Crippen molar-refractivity contribution in [3.05, 3.63) is 29.6 Å². The molecule has 3 rings (SSSR count). The lowest BCUT2D eigenvalue weighted by molar-refractivity contribution is -0.139. The summed E-state index contributed by atoms with van der Waals surface area (Å²) in [5.74, 6) is -1.60. The molecule has 152 valence electrons. The highest BCUT2D eigenvalue weighted by molar-refractivity contribution is 6.12. The third-order valence-corrected chi connectivity index (χ3v) is 5.02. The number of hydrogen-bond donors (Lipinski definition) is 1. The van der Waals surface area contributed by atoms with E-state index in [0.29, 0.717) is 43.0 Å². The molecule has 8 heteroatoms. The molecule has 0 bridgehead atoms. The molecular weight excluding hydrogens is 362 g/mol. The van der Waals surface area contributed by atoms with E-state index in [2.05, 4.69) is 4.98 Å². The number of Topliss-reactive ketones (excluding diaryl/α,β-unsaturated/α-hetero) is 1. The van der Waals surface area contributed by atoms with Gasteiger partial charge in [0.1, 0.15) is 12.0 Å². The van der Waals surface area contributed by atoms with E-state index in [-0.39, 0.29) is 24.4 Å². The summed E-state index contributed by atoms with van der Waals surface area (Å²) in [6, 6.07) is 0. The van der Waals surface area contributed by atoms with Crippen molar-refractivity contribution in [3.8, 4) is 0 Å². The number of fused-ring (bicyclic) bond motifs is 1. The lowest BCUT2D eigenvalue weighted by Crippen LogP contribution is -2.44. The monoisotopic (exact) mass is 389 g/mol. The zero-order chi connectivity index (χ0) is 20.3. The standard InChI is InChI=1S/C20H27N3O5/c1-4-28-19(25)18-14(10-26-6-5-21)23-12-7-20(2,3)8-15(24)16(12)17(18)13-9-27-11-22-13/h9,11,16-17H,4-8,10,21H2,1-3H3. The van der Waals surface area contributed by atoms with Crippen LogP contribution in [-0.4, -0.2) is 48.8 Å². The van der Waals surface area contributed by atoms with Crippen LogP contribution in [0.2, 0.25) is 0 Å². The van der Waals surface area contributed by atoms with Gasteiger partial charge in [-0.3, -0.25) is 9.79 Å². The van der Waals surface area contributed by atoms with Crippen molar-refractivity contribution in [1.82, 2.24) is 4.98 Å². The number of hydrogen-bond acceptors (Lipinski definition) is 8.